The molecule has 6 rings (SSSR count). The van der Waals surface area contributed by atoms with Crippen LogP contribution in [0.1, 0.15) is 56.7 Å². The van der Waals surface area contributed by atoms with Gasteiger partial charge in [0.2, 0.25) is 0 Å². The van der Waals surface area contributed by atoms with Crippen LogP contribution >= 0.6 is 11.6 Å². The molecule has 2 aromatic carbocycles. The van der Waals surface area contributed by atoms with E-state index in [4.69, 9.17) is 16.6 Å². The van der Waals surface area contributed by atoms with Gasteiger partial charge in [0, 0.05) is 47.5 Å². The lowest BCUT2D eigenvalue weighted by Gasteiger charge is -2.41. The number of fused-ring (bicyclic) bond motifs is 3. The summed E-state index contributed by atoms with van der Waals surface area (Å²) in [6.45, 7) is 11.7. The van der Waals surface area contributed by atoms with Crippen molar-refractivity contribution in [1.29, 1.82) is 0 Å². The van der Waals surface area contributed by atoms with Crippen LogP contribution in [0.15, 0.2) is 64.2 Å². The van der Waals surface area contributed by atoms with Crippen molar-refractivity contribution in [3.05, 3.63) is 76.0 Å². The van der Waals surface area contributed by atoms with Crippen molar-refractivity contribution in [2.24, 2.45) is 21.8 Å². The highest BCUT2D eigenvalue weighted by Gasteiger charge is 2.49. The number of likely N-dealkylation sites (tertiary alicyclic amines) is 1. The standard InChI is InChI=1S/C31H38ClN5/c1-21(2)33-17-24-25(32)10-12-27-29(24)31(13-15-36(16-14-31)18-23-7-5-4-6-8-23)19-37(27)30-28-22(3)9-11-26(28)34-20-35-30/h4-8,10-12,20-22,28,33H,9,13-19H2,1-3H3/t22-,28?/m1/s1. The van der Waals surface area contributed by atoms with Gasteiger partial charge in [0.25, 0.3) is 0 Å². The molecule has 1 unspecified atom stereocenters. The highest BCUT2D eigenvalue weighted by Crippen LogP contribution is 2.52. The van der Waals surface area contributed by atoms with Crippen LogP contribution in [0.3, 0.4) is 0 Å². The second kappa shape index (κ2) is 10.0. The van der Waals surface area contributed by atoms with Gasteiger partial charge in [-0.3, -0.25) is 4.90 Å². The molecule has 6 heteroatoms. The minimum atomic E-state index is 0.0737. The molecule has 1 N–H and O–H groups in total. The molecule has 3 aliphatic heterocycles. The number of anilines is 1. The summed E-state index contributed by atoms with van der Waals surface area (Å²) in [7, 11) is 0. The van der Waals surface area contributed by atoms with Crippen molar-refractivity contribution in [2.75, 3.05) is 24.5 Å². The molecule has 0 aromatic heterocycles. The highest BCUT2D eigenvalue weighted by atomic mass is 35.5. The summed E-state index contributed by atoms with van der Waals surface area (Å²) in [5, 5.41) is 4.54. The van der Waals surface area contributed by atoms with Crippen LogP contribution in [0, 0.1) is 11.8 Å². The van der Waals surface area contributed by atoms with Crippen LogP contribution in [0.25, 0.3) is 0 Å². The number of amidine groups is 1. The Morgan fingerprint density at radius 3 is 2.65 bits per heavy atom. The zero-order chi connectivity index (χ0) is 25.6. The van der Waals surface area contributed by atoms with E-state index in [-0.39, 0.29) is 11.3 Å². The van der Waals surface area contributed by atoms with Crippen molar-refractivity contribution in [3.8, 4) is 0 Å². The fraction of sp³-hybridized carbons (Fsp3) is 0.484. The quantitative estimate of drug-likeness (QED) is 0.517. The Balaban J connectivity index is 1.36. The Hall–Kier alpha value is -2.47. The number of aliphatic imine (C=N–C) groups is 2. The minimum Gasteiger partial charge on any atom is -0.328 e. The Labute approximate surface area is 226 Å². The van der Waals surface area contributed by atoms with Crippen molar-refractivity contribution in [3.63, 3.8) is 0 Å². The molecule has 2 aromatic rings. The smallest absolute Gasteiger partial charge is 0.120 e. The zero-order valence-electron chi connectivity index (χ0n) is 22.3. The number of nitrogens with one attached hydrogen (secondary N) is 1. The molecule has 3 heterocycles. The van der Waals surface area contributed by atoms with Gasteiger partial charge in [0.15, 0.2) is 0 Å². The van der Waals surface area contributed by atoms with Gasteiger partial charge in [0.1, 0.15) is 12.2 Å². The number of piperidine rings is 1. The first kappa shape index (κ1) is 24.8. The molecular weight excluding hydrogens is 478 g/mol. The van der Waals surface area contributed by atoms with Gasteiger partial charge in [-0.05, 0) is 67.1 Å². The van der Waals surface area contributed by atoms with Gasteiger partial charge >= 0.3 is 0 Å². The van der Waals surface area contributed by atoms with Crippen LogP contribution in [0.5, 0.6) is 0 Å². The largest absolute Gasteiger partial charge is 0.328 e. The molecule has 4 aliphatic rings. The average molecular weight is 516 g/mol. The maximum atomic E-state index is 6.95. The van der Waals surface area contributed by atoms with Crippen molar-refractivity contribution in [1.82, 2.24) is 10.2 Å². The molecule has 2 atom stereocenters. The van der Waals surface area contributed by atoms with Crippen LogP contribution < -0.4 is 10.2 Å². The van der Waals surface area contributed by atoms with Crippen LogP contribution in [0.4, 0.5) is 5.69 Å². The molecular formula is C31H38ClN5. The van der Waals surface area contributed by atoms with Gasteiger partial charge in [-0.25, -0.2) is 9.98 Å². The lowest BCUT2D eigenvalue weighted by molar-refractivity contribution is 0.160. The molecule has 1 spiro atoms. The van der Waals surface area contributed by atoms with Gasteiger partial charge in [-0.2, -0.15) is 0 Å². The molecule has 1 saturated heterocycles. The first-order chi connectivity index (χ1) is 17.9. The fourth-order valence-electron chi connectivity index (χ4n) is 6.82. The molecule has 0 saturated carbocycles. The molecule has 194 valence electrons. The van der Waals surface area contributed by atoms with E-state index in [0.29, 0.717) is 12.0 Å². The normalized spacial score (nSPS) is 24.4. The van der Waals surface area contributed by atoms with E-state index >= 15 is 0 Å². The Kier molecular flexibility index (Phi) is 6.72. The third-order valence-corrected chi connectivity index (χ3v) is 9.16. The van der Waals surface area contributed by atoms with Gasteiger partial charge in [0.05, 0.1) is 5.92 Å². The van der Waals surface area contributed by atoms with E-state index < -0.39 is 0 Å². The van der Waals surface area contributed by atoms with E-state index in [9.17, 15) is 0 Å². The van der Waals surface area contributed by atoms with Gasteiger partial charge in [-0.1, -0.05) is 68.8 Å². The predicted octanol–water partition coefficient (Wildman–Crippen LogP) is 6.17. The average Bonchev–Trinajstić information content (AvgIpc) is 3.44. The molecule has 0 amide bonds. The maximum absolute atomic E-state index is 6.95. The summed E-state index contributed by atoms with van der Waals surface area (Å²) in [6.07, 6.45) is 7.39. The lowest BCUT2D eigenvalue weighted by Crippen LogP contribution is -2.47. The summed E-state index contributed by atoms with van der Waals surface area (Å²) >= 11 is 6.95. The van der Waals surface area contributed by atoms with Crippen molar-refractivity contribution in [2.45, 2.75) is 64.6 Å². The number of rotatable bonds is 5. The minimum absolute atomic E-state index is 0.0737. The lowest BCUT2D eigenvalue weighted by atomic mass is 9.72. The van der Waals surface area contributed by atoms with Crippen LogP contribution in [0.2, 0.25) is 5.02 Å². The number of benzene rings is 2. The van der Waals surface area contributed by atoms with E-state index in [0.717, 1.165) is 57.0 Å². The number of nitrogens with zero attached hydrogens (tertiary/aromatic N) is 4. The number of hydrogen-bond donors (Lipinski definition) is 1. The van der Waals surface area contributed by atoms with E-state index in [2.05, 4.69) is 89.4 Å². The van der Waals surface area contributed by atoms with E-state index in [1.807, 2.05) is 0 Å². The summed E-state index contributed by atoms with van der Waals surface area (Å²) in [5.74, 6) is 1.97. The monoisotopic (exact) mass is 515 g/mol. The summed E-state index contributed by atoms with van der Waals surface area (Å²) in [4.78, 5) is 14.7. The second-order valence-electron chi connectivity index (χ2n) is 11.6. The van der Waals surface area contributed by atoms with Crippen molar-refractivity contribution < 1.29 is 0 Å². The third kappa shape index (κ3) is 4.56. The summed E-state index contributed by atoms with van der Waals surface area (Å²) in [5.41, 5.74) is 6.68. The Morgan fingerprint density at radius 1 is 1.11 bits per heavy atom. The number of allylic oxidation sites excluding steroid dienone is 1. The summed E-state index contributed by atoms with van der Waals surface area (Å²) in [6, 6.07) is 15.6. The van der Waals surface area contributed by atoms with Crippen LogP contribution in [-0.4, -0.2) is 42.8 Å². The van der Waals surface area contributed by atoms with Gasteiger partial charge in [-0.15, -0.1) is 0 Å². The molecule has 0 bridgehead atoms. The third-order valence-electron chi connectivity index (χ3n) is 8.80. The first-order valence-corrected chi connectivity index (χ1v) is 14.2. The van der Waals surface area contributed by atoms with Gasteiger partial charge < -0.3 is 10.2 Å². The van der Waals surface area contributed by atoms with E-state index in [1.165, 1.54) is 33.9 Å². The first-order valence-electron chi connectivity index (χ1n) is 13.8. The highest BCUT2D eigenvalue weighted by molar-refractivity contribution is 6.31. The topological polar surface area (TPSA) is 43.2 Å². The summed E-state index contributed by atoms with van der Waals surface area (Å²) < 4.78 is 0. The predicted molar refractivity (Wildman–Crippen MR) is 155 cm³/mol. The maximum Gasteiger partial charge on any atom is 0.120 e. The molecule has 5 nitrogen and oxygen atoms in total. The van der Waals surface area contributed by atoms with E-state index in [1.54, 1.807) is 6.34 Å². The Bertz CT molecular complexity index is 1240. The molecule has 0 radical (unpaired) electrons. The van der Waals surface area contributed by atoms with Crippen LogP contribution in [-0.2, 0) is 18.5 Å². The number of hydrogen-bond acceptors (Lipinski definition) is 5. The number of halogens is 1. The molecule has 1 aliphatic carbocycles. The Morgan fingerprint density at radius 2 is 1.89 bits per heavy atom. The zero-order valence-corrected chi connectivity index (χ0v) is 23.0. The second-order valence-corrected chi connectivity index (χ2v) is 12.0. The fourth-order valence-corrected chi connectivity index (χ4v) is 7.04. The molecule has 37 heavy (non-hydrogen) atoms. The SMILES string of the molecule is CC(C)NCc1c(Cl)ccc2c1C1(CCN(Cc3ccccc3)CC1)CN2C1=NC=NC2=CC[C@@H](C)C21. The molecule has 1 fully saturated rings. The van der Waals surface area contributed by atoms with Crippen molar-refractivity contribution >= 4 is 29.5 Å².